The van der Waals surface area contributed by atoms with Gasteiger partial charge in [0, 0.05) is 12.0 Å². The highest BCUT2D eigenvalue weighted by molar-refractivity contribution is 6.01. The van der Waals surface area contributed by atoms with Crippen molar-refractivity contribution in [3.05, 3.63) is 35.4 Å². The van der Waals surface area contributed by atoms with Gasteiger partial charge in [-0.2, -0.15) is 0 Å². The first-order valence-corrected chi connectivity index (χ1v) is 6.69. The van der Waals surface area contributed by atoms with Gasteiger partial charge in [0.05, 0.1) is 5.56 Å². The Balaban J connectivity index is 2.36. The van der Waals surface area contributed by atoms with Crippen LogP contribution < -0.4 is 5.73 Å². The summed E-state index contributed by atoms with van der Waals surface area (Å²) in [7, 11) is 0. The molecule has 4 heteroatoms. The van der Waals surface area contributed by atoms with Crippen LogP contribution in [0.2, 0.25) is 0 Å². The Bertz CT molecular complexity index is 459. The van der Waals surface area contributed by atoms with Crippen molar-refractivity contribution in [3.63, 3.8) is 0 Å². The second-order valence-corrected chi connectivity index (χ2v) is 5.59. The Morgan fingerprint density at radius 2 is 1.84 bits per heavy atom. The normalized spacial score (nSPS) is 27.3. The molecule has 0 amide bonds. The van der Waals surface area contributed by atoms with Crippen molar-refractivity contribution >= 4 is 5.78 Å². The van der Waals surface area contributed by atoms with Crippen molar-refractivity contribution in [2.75, 3.05) is 6.54 Å². The van der Waals surface area contributed by atoms with E-state index < -0.39 is 28.4 Å². The summed E-state index contributed by atoms with van der Waals surface area (Å²) < 4.78 is 27.5. The maximum atomic E-state index is 13.7. The molecule has 0 spiro atoms. The minimum absolute atomic E-state index is 0.145. The largest absolute Gasteiger partial charge is 0.329 e. The molecule has 2 nitrogen and oxygen atoms in total. The van der Waals surface area contributed by atoms with E-state index >= 15 is 0 Å². The Kier molecular flexibility index (Phi) is 3.99. The van der Waals surface area contributed by atoms with E-state index in [4.69, 9.17) is 5.73 Å². The molecule has 1 aromatic carbocycles. The van der Waals surface area contributed by atoms with Crippen molar-refractivity contribution in [3.8, 4) is 0 Å². The summed E-state index contributed by atoms with van der Waals surface area (Å²) >= 11 is 0. The lowest BCUT2D eigenvalue weighted by Crippen LogP contribution is -2.42. The second-order valence-electron chi connectivity index (χ2n) is 5.59. The molecule has 1 aliphatic carbocycles. The number of nitrogens with two attached hydrogens (primary N) is 1. The zero-order valence-corrected chi connectivity index (χ0v) is 11.1. The SMILES string of the molecule is CC1CCC(CN)(C(=O)c2c(F)cccc2F)CC1. The summed E-state index contributed by atoms with van der Waals surface area (Å²) in [4.78, 5) is 12.5. The average Bonchev–Trinajstić information content (AvgIpc) is 2.39. The van der Waals surface area contributed by atoms with Gasteiger partial charge in [0.15, 0.2) is 5.78 Å². The van der Waals surface area contributed by atoms with Gasteiger partial charge in [-0.15, -0.1) is 0 Å². The molecular formula is C15H19F2NO. The predicted octanol–water partition coefficient (Wildman–Crippen LogP) is 3.30. The highest BCUT2D eigenvalue weighted by atomic mass is 19.1. The monoisotopic (exact) mass is 267 g/mol. The van der Waals surface area contributed by atoms with Crippen molar-refractivity contribution < 1.29 is 13.6 Å². The Labute approximate surface area is 112 Å². The van der Waals surface area contributed by atoms with Gasteiger partial charge >= 0.3 is 0 Å². The maximum absolute atomic E-state index is 13.7. The molecule has 1 aliphatic rings. The molecule has 104 valence electrons. The standard InChI is InChI=1S/C15H19F2NO/c1-10-5-7-15(9-18,8-6-10)14(19)13-11(16)3-2-4-12(13)17/h2-4,10H,5-9,18H2,1H3. The van der Waals surface area contributed by atoms with Gasteiger partial charge in [-0.1, -0.05) is 13.0 Å². The van der Waals surface area contributed by atoms with Crippen LogP contribution in [0.4, 0.5) is 8.78 Å². The van der Waals surface area contributed by atoms with Gasteiger partial charge in [0.2, 0.25) is 0 Å². The Morgan fingerprint density at radius 1 is 1.32 bits per heavy atom. The smallest absolute Gasteiger partial charge is 0.176 e. The van der Waals surface area contributed by atoms with E-state index in [0.29, 0.717) is 18.8 Å². The number of benzene rings is 1. The van der Waals surface area contributed by atoms with Gasteiger partial charge in [-0.05, 0) is 43.7 Å². The molecule has 0 bridgehead atoms. The molecule has 0 radical (unpaired) electrons. The third kappa shape index (κ3) is 2.54. The fraction of sp³-hybridized carbons (Fsp3) is 0.533. The molecule has 0 saturated heterocycles. The first kappa shape index (κ1) is 14.1. The number of Topliss-reactive ketones (excluding diaryl/α,β-unsaturated/α-hetero) is 1. The number of carbonyl (C=O) groups is 1. The van der Waals surface area contributed by atoms with E-state index in [2.05, 4.69) is 6.92 Å². The minimum Gasteiger partial charge on any atom is -0.329 e. The van der Waals surface area contributed by atoms with E-state index in [1.54, 1.807) is 0 Å². The van der Waals surface area contributed by atoms with E-state index in [0.717, 1.165) is 25.0 Å². The van der Waals surface area contributed by atoms with Crippen LogP contribution in [0, 0.1) is 23.0 Å². The lowest BCUT2D eigenvalue weighted by molar-refractivity contribution is 0.0686. The molecule has 1 fully saturated rings. The number of carbonyl (C=O) groups excluding carboxylic acids is 1. The van der Waals surface area contributed by atoms with Gasteiger partial charge in [-0.3, -0.25) is 4.79 Å². The third-order valence-corrected chi connectivity index (χ3v) is 4.29. The number of ketones is 1. The lowest BCUT2D eigenvalue weighted by atomic mass is 9.67. The van der Waals surface area contributed by atoms with Gasteiger partial charge in [-0.25, -0.2) is 8.78 Å². The fourth-order valence-electron chi connectivity index (χ4n) is 2.82. The van der Waals surface area contributed by atoms with Crippen molar-refractivity contribution in [2.24, 2.45) is 17.1 Å². The molecule has 0 aliphatic heterocycles. The van der Waals surface area contributed by atoms with Crippen LogP contribution in [0.3, 0.4) is 0 Å². The van der Waals surface area contributed by atoms with Gasteiger partial charge < -0.3 is 5.73 Å². The first-order chi connectivity index (χ1) is 9.00. The fourth-order valence-corrected chi connectivity index (χ4v) is 2.82. The average molecular weight is 267 g/mol. The number of rotatable bonds is 3. The van der Waals surface area contributed by atoms with E-state index in [1.807, 2.05) is 0 Å². The number of halogens is 2. The first-order valence-electron chi connectivity index (χ1n) is 6.69. The summed E-state index contributed by atoms with van der Waals surface area (Å²) in [5.74, 6) is -1.52. The highest BCUT2D eigenvalue weighted by Gasteiger charge is 2.42. The zero-order chi connectivity index (χ0) is 14.0. The molecule has 2 N–H and O–H groups in total. The van der Waals surface area contributed by atoms with E-state index in [1.165, 1.54) is 6.07 Å². The summed E-state index contributed by atoms with van der Waals surface area (Å²) in [6, 6.07) is 3.50. The Hall–Kier alpha value is -1.29. The quantitative estimate of drug-likeness (QED) is 0.854. The summed E-state index contributed by atoms with van der Waals surface area (Å²) in [5.41, 5.74) is 4.53. The highest BCUT2D eigenvalue weighted by Crippen LogP contribution is 2.41. The molecule has 0 heterocycles. The van der Waals surface area contributed by atoms with Crippen LogP contribution in [0.25, 0.3) is 0 Å². The van der Waals surface area contributed by atoms with Gasteiger partial charge in [0.25, 0.3) is 0 Å². The summed E-state index contributed by atoms with van der Waals surface area (Å²) in [6.45, 7) is 2.26. The van der Waals surface area contributed by atoms with Crippen molar-refractivity contribution in [2.45, 2.75) is 32.6 Å². The second kappa shape index (κ2) is 5.37. The molecule has 0 aromatic heterocycles. The van der Waals surface area contributed by atoms with Gasteiger partial charge in [0.1, 0.15) is 11.6 Å². The van der Waals surface area contributed by atoms with Crippen LogP contribution >= 0.6 is 0 Å². The summed E-state index contributed by atoms with van der Waals surface area (Å²) in [5, 5.41) is 0. The number of hydrogen-bond donors (Lipinski definition) is 1. The van der Waals surface area contributed by atoms with Crippen molar-refractivity contribution in [1.29, 1.82) is 0 Å². The van der Waals surface area contributed by atoms with Crippen LogP contribution in [0.1, 0.15) is 43.0 Å². The molecular weight excluding hydrogens is 248 g/mol. The zero-order valence-electron chi connectivity index (χ0n) is 11.1. The van der Waals surface area contributed by atoms with E-state index in [9.17, 15) is 13.6 Å². The lowest BCUT2D eigenvalue weighted by Gasteiger charge is -2.37. The van der Waals surface area contributed by atoms with Crippen LogP contribution in [0.5, 0.6) is 0 Å². The molecule has 19 heavy (non-hydrogen) atoms. The predicted molar refractivity (Wildman–Crippen MR) is 69.8 cm³/mol. The van der Waals surface area contributed by atoms with Crippen molar-refractivity contribution in [1.82, 2.24) is 0 Å². The summed E-state index contributed by atoms with van der Waals surface area (Å²) in [6.07, 6.45) is 2.96. The molecule has 0 unspecified atom stereocenters. The molecule has 2 rings (SSSR count). The van der Waals surface area contributed by atoms with Crippen LogP contribution in [-0.2, 0) is 0 Å². The van der Waals surface area contributed by atoms with Crippen LogP contribution in [0.15, 0.2) is 18.2 Å². The third-order valence-electron chi connectivity index (χ3n) is 4.29. The molecule has 1 aromatic rings. The topological polar surface area (TPSA) is 43.1 Å². The molecule has 1 saturated carbocycles. The van der Waals surface area contributed by atoms with Crippen LogP contribution in [-0.4, -0.2) is 12.3 Å². The minimum atomic E-state index is -0.796. The number of hydrogen-bond acceptors (Lipinski definition) is 2. The maximum Gasteiger partial charge on any atom is 0.176 e. The van der Waals surface area contributed by atoms with E-state index in [-0.39, 0.29) is 6.54 Å². The Morgan fingerprint density at radius 3 is 2.32 bits per heavy atom. The molecule has 0 atom stereocenters.